The maximum Gasteiger partial charge on any atom is 0.00796 e. The van der Waals surface area contributed by atoms with Gasteiger partial charge in [-0.05, 0) is 31.7 Å². The Morgan fingerprint density at radius 1 is 1.38 bits per heavy atom. The molecule has 2 saturated heterocycles. The first kappa shape index (κ1) is 9.47. The summed E-state index contributed by atoms with van der Waals surface area (Å²) < 4.78 is 0. The molecule has 0 aromatic heterocycles. The topological polar surface area (TPSA) is 15.3 Å². The molecule has 2 rings (SSSR count). The highest BCUT2D eigenvalue weighted by Gasteiger charge is 2.30. The minimum Gasteiger partial charge on any atom is -0.314 e. The van der Waals surface area contributed by atoms with E-state index in [2.05, 4.69) is 24.1 Å². The number of nitrogens with zero attached hydrogens (tertiary/aromatic N) is 1. The van der Waals surface area contributed by atoms with Gasteiger partial charge in [-0.15, -0.1) is 0 Å². The van der Waals surface area contributed by atoms with E-state index in [1.54, 1.807) is 0 Å². The molecule has 0 bridgehead atoms. The van der Waals surface area contributed by atoms with Gasteiger partial charge in [0.05, 0.1) is 0 Å². The number of hydrogen-bond acceptors (Lipinski definition) is 2. The summed E-state index contributed by atoms with van der Waals surface area (Å²) in [6.07, 6.45) is 2.75. The molecule has 2 nitrogen and oxygen atoms in total. The summed E-state index contributed by atoms with van der Waals surface area (Å²) in [5, 5.41) is 3.52. The molecular weight excluding hydrogens is 160 g/mol. The Morgan fingerprint density at radius 2 is 2.15 bits per heavy atom. The normalized spacial score (nSPS) is 36.5. The van der Waals surface area contributed by atoms with Crippen LogP contribution >= 0.6 is 0 Å². The van der Waals surface area contributed by atoms with Crippen molar-refractivity contribution in [1.29, 1.82) is 0 Å². The number of hydrogen-bond donors (Lipinski definition) is 1. The van der Waals surface area contributed by atoms with Gasteiger partial charge in [0.15, 0.2) is 0 Å². The Kier molecular flexibility index (Phi) is 2.89. The molecule has 0 aromatic carbocycles. The minimum atomic E-state index is 0.751. The molecule has 0 saturated carbocycles. The first-order valence-corrected chi connectivity index (χ1v) is 5.75. The summed E-state index contributed by atoms with van der Waals surface area (Å²) in [5.74, 6) is 1.92. The van der Waals surface area contributed by atoms with Crippen LogP contribution in [0.3, 0.4) is 0 Å². The quantitative estimate of drug-likeness (QED) is 0.708. The highest BCUT2D eigenvalue weighted by atomic mass is 15.2. The zero-order valence-electron chi connectivity index (χ0n) is 8.92. The molecular formula is C11H22N2. The van der Waals surface area contributed by atoms with Crippen molar-refractivity contribution in [2.75, 3.05) is 26.2 Å². The molecule has 0 radical (unpaired) electrons. The lowest BCUT2D eigenvalue weighted by Gasteiger charge is -2.40. The standard InChI is InChI=1S/C11H22N2/c1-3-10-6-13(7-10)8-11-4-5-12-9(11)2/h9-12H,3-8H2,1-2H3. The van der Waals surface area contributed by atoms with Gasteiger partial charge >= 0.3 is 0 Å². The molecule has 2 aliphatic heterocycles. The molecule has 2 heteroatoms. The van der Waals surface area contributed by atoms with Gasteiger partial charge < -0.3 is 10.2 Å². The van der Waals surface area contributed by atoms with Crippen molar-refractivity contribution in [2.45, 2.75) is 32.7 Å². The van der Waals surface area contributed by atoms with Crippen LogP contribution in [-0.2, 0) is 0 Å². The molecule has 0 amide bonds. The smallest absolute Gasteiger partial charge is 0.00796 e. The Morgan fingerprint density at radius 3 is 2.69 bits per heavy atom. The molecule has 0 spiro atoms. The average molecular weight is 182 g/mol. The Labute approximate surface area is 81.7 Å². The molecule has 0 aromatic rings. The van der Waals surface area contributed by atoms with Crippen molar-refractivity contribution >= 4 is 0 Å². The maximum absolute atomic E-state index is 3.52. The average Bonchev–Trinajstić information content (AvgIpc) is 2.43. The number of nitrogens with one attached hydrogen (secondary N) is 1. The summed E-state index contributed by atoms with van der Waals surface area (Å²) in [4.78, 5) is 2.63. The largest absolute Gasteiger partial charge is 0.314 e. The van der Waals surface area contributed by atoms with E-state index in [1.165, 1.54) is 39.0 Å². The highest BCUT2D eigenvalue weighted by Crippen LogP contribution is 2.23. The van der Waals surface area contributed by atoms with E-state index in [-0.39, 0.29) is 0 Å². The predicted octanol–water partition coefficient (Wildman–Crippen LogP) is 1.33. The van der Waals surface area contributed by atoms with Gasteiger partial charge in [-0.3, -0.25) is 0 Å². The number of rotatable bonds is 3. The molecule has 0 aliphatic carbocycles. The highest BCUT2D eigenvalue weighted by molar-refractivity contribution is 4.86. The zero-order valence-corrected chi connectivity index (χ0v) is 8.92. The second-order valence-corrected chi connectivity index (χ2v) is 4.78. The fourth-order valence-electron chi connectivity index (χ4n) is 2.58. The van der Waals surface area contributed by atoms with E-state index in [0.717, 1.165) is 17.9 Å². The lowest BCUT2D eigenvalue weighted by molar-refractivity contribution is 0.0775. The monoisotopic (exact) mass is 182 g/mol. The summed E-state index contributed by atoms with van der Waals surface area (Å²) >= 11 is 0. The fourth-order valence-corrected chi connectivity index (χ4v) is 2.58. The molecule has 2 atom stereocenters. The lowest BCUT2D eigenvalue weighted by atomic mass is 9.93. The van der Waals surface area contributed by atoms with Crippen LogP contribution in [0.5, 0.6) is 0 Å². The van der Waals surface area contributed by atoms with E-state index in [0.29, 0.717) is 0 Å². The van der Waals surface area contributed by atoms with Crippen molar-refractivity contribution in [1.82, 2.24) is 10.2 Å². The second-order valence-electron chi connectivity index (χ2n) is 4.78. The van der Waals surface area contributed by atoms with E-state index in [1.807, 2.05) is 0 Å². The van der Waals surface area contributed by atoms with E-state index < -0.39 is 0 Å². The van der Waals surface area contributed by atoms with Crippen LogP contribution in [0, 0.1) is 11.8 Å². The van der Waals surface area contributed by atoms with Crippen LogP contribution in [0.4, 0.5) is 0 Å². The van der Waals surface area contributed by atoms with Crippen LogP contribution in [0.1, 0.15) is 26.7 Å². The van der Waals surface area contributed by atoms with Crippen molar-refractivity contribution in [3.8, 4) is 0 Å². The van der Waals surface area contributed by atoms with Crippen molar-refractivity contribution < 1.29 is 0 Å². The molecule has 13 heavy (non-hydrogen) atoms. The zero-order chi connectivity index (χ0) is 9.26. The van der Waals surface area contributed by atoms with E-state index in [4.69, 9.17) is 0 Å². The Bertz CT molecular complexity index is 163. The summed E-state index contributed by atoms with van der Waals surface area (Å²) in [6, 6.07) is 0.751. The Hall–Kier alpha value is -0.0800. The van der Waals surface area contributed by atoms with Gasteiger partial charge in [-0.2, -0.15) is 0 Å². The summed E-state index contributed by atoms with van der Waals surface area (Å²) in [5.41, 5.74) is 0. The molecule has 2 fully saturated rings. The third kappa shape index (κ3) is 2.05. The fraction of sp³-hybridized carbons (Fsp3) is 1.00. The van der Waals surface area contributed by atoms with Gasteiger partial charge in [-0.1, -0.05) is 13.3 Å². The van der Waals surface area contributed by atoms with Crippen LogP contribution < -0.4 is 5.32 Å². The van der Waals surface area contributed by atoms with E-state index >= 15 is 0 Å². The third-order valence-corrected chi connectivity index (χ3v) is 3.79. The molecule has 2 unspecified atom stereocenters. The summed E-state index contributed by atoms with van der Waals surface area (Å²) in [6.45, 7) is 9.93. The molecule has 76 valence electrons. The first-order chi connectivity index (χ1) is 6.29. The van der Waals surface area contributed by atoms with Gasteiger partial charge in [0.1, 0.15) is 0 Å². The van der Waals surface area contributed by atoms with Gasteiger partial charge in [-0.25, -0.2) is 0 Å². The third-order valence-electron chi connectivity index (χ3n) is 3.79. The molecule has 1 N–H and O–H groups in total. The van der Waals surface area contributed by atoms with Crippen LogP contribution in [0.2, 0.25) is 0 Å². The predicted molar refractivity (Wildman–Crippen MR) is 55.8 cm³/mol. The molecule has 2 heterocycles. The maximum atomic E-state index is 3.52. The number of likely N-dealkylation sites (tertiary alicyclic amines) is 1. The van der Waals surface area contributed by atoms with Crippen LogP contribution in [-0.4, -0.2) is 37.1 Å². The van der Waals surface area contributed by atoms with Gasteiger partial charge in [0.25, 0.3) is 0 Å². The second kappa shape index (κ2) is 3.97. The van der Waals surface area contributed by atoms with Crippen LogP contribution in [0.15, 0.2) is 0 Å². The van der Waals surface area contributed by atoms with Crippen LogP contribution in [0.25, 0.3) is 0 Å². The van der Waals surface area contributed by atoms with Crippen molar-refractivity contribution in [3.63, 3.8) is 0 Å². The first-order valence-electron chi connectivity index (χ1n) is 5.75. The van der Waals surface area contributed by atoms with E-state index in [9.17, 15) is 0 Å². The summed E-state index contributed by atoms with van der Waals surface area (Å²) in [7, 11) is 0. The Balaban J connectivity index is 1.68. The van der Waals surface area contributed by atoms with Gasteiger partial charge in [0, 0.05) is 25.7 Å². The molecule has 2 aliphatic rings. The SMILES string of the molecule is CCC1CN(CC2CCNC2C)C1. The van der Waals surface area contributed by atoms with Crippen molar-refractivity contribution in [2.24, 2.45) is 11.8 Å². The minimum absolute atomic E-state index is 0.751. The van der Waals surface area contributed by atoms with Gasteiger partial charge in [0.2, 0.25) is 0 Å². The lowest BCUT2D eigenvalue weighted by Crippen LogP contribution is -2.49. The van der Waals surface area contributed by atoms with Crippen molar-refractivity contribution in [3.05, 3.63) is 0 Å².